The summed E-state index contributed by atoms with van der Waals surface area (Å²) in [6, 6.07) is 0. The van der Waals surface area contributed by atoms with E-state index in [9.17, 15) is 17.8 Å². The van der Waals surface area contributed by atoms with E-state index in [1.54, 1.807) is 0 Å². The average Bonchev–Trinajstić information content (AvgIpc) is 2.76. The van der Waals surface area contributed by atoms with Crippen LogP contribution in [0.25, 0.3) is 0 Å². The molecule has 0 bridgehead atoms. The van der Waals surface area contributed by atoms with Gasteiger partial charge in [0.05, 0.1) is 37.3 Å². The fraction of sp³-hybridized carbons (Fsp3) is 0.963. The summed E-state index contributed by atoms with van der Waals surface area (Å²) in [5.41, 5.74) is 0. The molecule has 6 nitrogen and oxygen atoms in total. The van der Waals surface area contributed by atoms with Crippen LogP contribution in [-0.2, 0) is 14.9 Å². The largest absolute Gasteiger partial charge is 0.748 e. The van der Waals surface area contributed by atoms with Gasteiger partial charge < -0.3 is 14.4 Å². The monoisotopic (exact) mass is 504 g/mol. The molecule has 0 aliphatic rings. The maximum absolute atomic E-state index is 12.0. The Bertz CT molecular complexity index is 579. The van der Waals surface area contributed by atoms with Gasteiger partial charge in [0, 0.05) is 25.1 Å². The molecule has 0 atom stereocenters. The highest BCUT2D eigenvalue weighted by Gasteiger charge is 2.14. The first-order valence-corrected chi connectivity index (χ1v) is 15.8. The topological polar surface area (TPSA) is 86.3 Å². The predicted molar refractivity (Wildman–Crippen MR) is 143 cm³/mol. The second-order valence-electron chi connectivity index (χ2n) is 10.8. The highest BCUT2D eigenvalue weighted by molar-refractivity contribution is 7.85. The molecule has 0 saturated heterocycles. The Morgan fingerprint density at radius 3 is 1.59 bits per heavy atom. The zero-order valence-corrected chi connectivity index (χ0v) is 23.6. The lowest BCUT2D eigenvalue weighted by Crippen LogP contribution is -2.42. The molecule has 7 heteroatoms. The molecule has 0 saturated carbocycles. The van der Waals surface area contributed by atoms with Crippen molar-refractivity contribution < 1.29 is 22.2 Å². The molecule has 1 amide bonds. The Kier molecular flexibility index (Phi) is 21.2. The van der Waals surface area contributed by atoms with Crippen molar-refractivity contribution in [3.63, 3.8) is 0 Å². The molecule has 1 N–H and O–H groups in total. The van der Waals surface area contributed by atoms with Gasteiger partial charge in [-0.2, -0.15) is 0 Å². The van der Waals surface area contributed by atoms with Gasteiger partial charge in [0.15, 0.2) is 0 Å². The van der Waals surface area contributed by atoms with Crippen molar-refractivity contribution in [1.29, 1.82) is 0 Å². The second-order valence-corrected chi connectivity index (χ2v) is 12.3. The van der Waals surface area contributed by atoms with E-state index in [0.29, 0.717) is 19.4 Å². The number of amides is 1. The van der Waals surface area contributed by atoms with Crippen molar-refractivity contribution >= 4 is 16.0 Å². The zero-order chi connectivity index (χ0) is 25.5. The van der Waals surface area contributed by atoms with Crippen LogP contribution in [0, 0.1) is 0 Å². The Hall–Kier alpha value is -0.660. The van der Waals surface area contributed by atoms with Crippen LogP contribution in [-0.4, -0.2) is 62.8 Å². The van der Waals surface area contributed by atoms with Gasteiger partial charge in [-0.1, -0.05) is 96.8 Å². The third-order valence-corrected chi connectivity index (χ3v) is 7.47. The first kappa shape index (κ1) is 33.3. The van der Waals surface area contributed by atoms with E-state index in [0.717, 1.165) is 43.3 Å². The number of carbonyl (C=O) groups is 1. The summed E-state index contributed by atoms with van der Waals surface area (Å²) in [6.45, 7) is 4.72. The van der Waals surface area contributed by atoms with Gasteiger partial charge in [-0.25, -0.2) is 8.42 Å². The number of nitrogens with one attached hydrogen (secondary N) is 1. The predicted octanol–water partition coefficient (Wildman–Crippen LogP) is 6.16. The zero-order valence-electron chi connectivity index (χ0n) is 22.8. The average molecular weight is 505 g/mol. The molecule has 0 aromatic rings. The first-order chi connectivity index (χ1) is 16.2. The molecule has 0 heterocycles. The minimum Gasteiger partial charge on any atom is -0.748 e. The van der Waals surface area contributed by atoms with E-state index in [1.165, 1.54) is 83.5 Å². The van der Waals surface area contributed by atoms with Crippen molar-refractivity contribution in [3.8, 4) is 0 Å². The molecule has 0 aromatic carbocycles. The smallest absolute Gasteiger partial charge is 0.219 e. The van der Waals surface area contributed by atoms with Gasteiger partial charge in [0.25, 0.3) is 0 Å². The number of rotatable bonds is 25. The third kappa shape index (κ3) is 26.0. The van der Waals surface area contributed by atoms with Crippen LogP contribution in [0.3, 0.4) is 0 Å². The number of nitrogens with zero attached hydrogens (tertiary/aromatic N) is 1. The van der Waals surface area contributed by atoms with Crippen LogP contribution in [0.4, 0.5) is 0 Å². The van der Waals surface area contributed by atoms with Crippen molar-refractivity contribution in [2.24, 2.45) is 0 Å². The van der Waals surface area contributed by atoms with Gasteiger partial charge in [0.2, 0.25) is 5.91 Å². The van der Waals surface area contributed by atoms with E-state index in [2.05, 4.69) is 26.3 Å². The SMILES string of the molecule is CCCCCCCCCCCCCCCCCC(=O)NCCC[N+](C)(C)CCCCS(=O)(=O)[O-]. The van der Waals surface area contributed by atoms with E-state index >= 15 is 0 Å². The number of quaternary nitrogens is 1. The molecule has 0 fully saturated rings. The fourth-order valence-corrected chi connectivity index (χ4v) is 4.97. The summed E-state index contributed by atoms with van der Waals surface area (Å²) in [5, 5.41) is 3.02. The Labute approximate surface area is 212 Å². The minimum absolute atomic E-state index is 0.153. The molecular formula is C27H56N2O4S. The third-order valence-electron chi connectivity index (χ3n) is 6.68. The van der Waals surface area contributed by atoms with Crippen LogP contribution in [0.1, 0.15) is 129 Å². The molecule has 34 heavy (non-hydrogen) atoms. The van der Waals surface area contributed by atoms with E-state index in [1.807, 2.05) is 0 Å². The van der Waals surface area contributed by atoms with Crippen LogP contribution in [0.15, 0.2) is 0 Å². The maximum atomic E-state index is 12.0. The number of carbonyl (C=O) groups excluding carboxylic acids is 1. The number of hydrogen-bond acceptors (Lipinski definition) is 4. The summed E-state index contributed by atoms with van der Waals surface area (Å²) >= 11 is 0. The fourth-order valence-electron chi connectivity index (χ4n) is 4.41. The highest BCUT2D eigenvalue weighted by atomic mass is 32.2. The molecule has 204 valence electrons. The van der Waals surface area contributed by atoms with E-state index in [4.69, 9.17) is 0 Å². The highest BCUT2D eigenvalue weighted by Crippen LogP contribution is 2.13. The quantitative estimate of drug-likeness (QED) is 0.0917. The summed E-state index contributed by atoms with van der Waals surface area (Å²) < 4.78 is 32.7. The Morgan fingerprint density at radius 1 is 0.676 bits per heavy atom. The lowest BCUT2D eigenvalue weighted by molar-refractivity contribution is -0.890. The van der Waals surface area contributed by atoms with Crippen LogP contribution in [0.5, 0.6) is 0 Å². The molecule has 0 unspecified atom stereocenters. The van der Waals surface area contributed by atoms with Crippen molar-refractivity contribution in [2.75, 3.05) is 39.5 Å². The van der Waals surface area contributed by atoms with Gasteiger partial charge in [0.1, 0.15) is 0 Å². The molecule has 0 aliphatic carbocycles. The number of unbranched alkanes of at least 4 members (excludes halogenated alkanes) is 15. The first-order valence-electron chi connectivity index (χ1n) is 14.2. The molecule has 0 spiro atoms. The second kappa shape index (κ2) is 21.6. The number of hydrogen-bond donors (Lipinski definition) is 1. The van der Waals surface area contributed by atoms with Crippen molar-refractivity contribution in [1.82, 2.24) is 5.32 Å². The summed E-state index contributed by atoms with van der Waals surface area (Å²) in [5.74, 6) is -0.122. The Morgan fingerprint density at radius 2 is 1.12 bits per heavy atom. The molecule has 0 aromatic heterocycles. The van der Waals surface area contributed by atoms with E-state index in [-0.39, 0.29) is 11.7 Å². The van der Waals surface area contributed by atoms with Gasteiger partial charge in [-0.3, -0.25) is 4.79 Å². The molecule has 0 aliphatic heterocycles. The van der Waals surface area contributed by atoms with Gasteiger partial charge in [-0.15, -0.1) is 0 Å². The normalized spacial score (nSPS) is 12.2. The van der Waals surface area contributed by atoms with Crippen molar-refractivity contribution in [2.45, 2.75) is 129 Å². The van der Waals surface area contributed by atoms with Crippen molar-refractivity contribution in [3.05, 3.63) is 0 Å². The lowest BCUT2D eigenvalue weighted by atomic mass is 10.0. The summed E-state index contributed by atoms with van der Waals surface area (Å²) in [6.07, 6.45) is 22.6. The van der Waals surface area contributed by atoms with E-state index < -0.39 is 10.1 Å². The van der Waals surface area contributed by atoms with Gasteiger partial charge in [-0.05, 0) is 19.3 Å². The standard InChI is InChI=1S/C27H56N2O4S/c1-4-5-6-7-8-9-10-11-12-13-14-15-16-17-18-22-27(30)28-23-21-25-29(2,3)24-19-20-26-34(31,32)33/h4-26H2,1-3H3,(H-,28,30,31,32,33). The summed E-state index contributed by atoms with van der Waals surface area (Å²) in [4.78, 5) is 12.0. The van der Waals surface area contributed by atoms with Crippen LogP contribution in [0.2, 0.25) is 0 Å². The van der Waals surface area contributed by atoms with Crippen LogP contribution < -0.4 is 5.32 Å². The van der Waals surface area contributed by atoms with Gasteiger partial charge >= 0.3 is 0 Å². The Balaban J connectivity index is 3.42. The molecule has 0 rings (SSSR count). The lowest BCUT2D eigenvalue weighted by Gasteiger charge is -2.30. The molecular weight excluding hydrogens is 448 g/mol. The minimum atomic E-state index is -4.10. The maximum Gasteiger partial charge on any atom is 0.219 e. The van der Waals surface area contributed by atoms with Crippen LogP contribution >= 0.6 is 0 Å². The summed E-state index contributed by atoms with van der Waals surface area (Å²) in [7, 11) is 0.101. The molecule has 0 radical (unpaired) electrons.